The van der Waals surface area contributed by atoms with Crippen molar-refractivity contribution in [1.82, 2.24) is 9.88 Å². The van der Waals surface area contributed by atoms with Gasteiger partial charge in [-0.2, -0.15) is 0 Å². The summed E-state index contributed by atoms with van der Waals surface area (Å²) in [6, 6.07) is 7.77. The summed E-state index contributed by atoms with van der Waals surface area (Å²) in [4.78, 5) is 30.1. The topological polar surface area (TPSA) is 71.6 Å². The predicted octanol–water partition coefficient (Wildman–Crippen LogP) is 3.76. The third-order valence-electron chi connectivity index (χ3n) is 5.19. The van der Waals surface area contributed by atoms with E-state index < -0.39 is 0 Å². The molecular weight excluding hydrogens is 356 g/mol. The number of amides is 1. The van der Waals surface area contributed by atoms with E-state index in [0.29, 0.717) is 25.4 Å². The molecular formula is C22H28N2O4. The van der Waals surface area contributed by atoms with E-state index in [9.17, 15) is 9.59 Å². The van der Waals surface area contributed by atoms with Gasteiger partial charge in [0.15, 0.2) is 0 Å². The van der Waals surface area contributed by atoms with Crippen molar-refractivity contribution in [1.29, 1.82) is 0 Å². The van der Waals surface area contributed by atoms with Gasteiger partial charge < -0.3 is 19.4 Å². The molecule has 0 aliphatic heterocycles. The molecule has 1 heterocycles. The zero-order valence-corrected chi connectivity index (χ0v) is 17.0. The molecule has 1 aliphatic rings. The fraction of sp³-hybridized carbons (Fsp3) is 0.455. The first kappa shape index (κ1) is 20.0. The van der Waals surface area contributed by atoms with Gasteiger partial charge in [-0.1, -0.05) is 12.1 Å². The van der Waals surface area contributed by atoms with Crippen LogP contribution in [0.4, 0.5) is 0 Å². The summed E-state index contributed by atoms with van der Waals surface area (Å²) in [5.74, 6) is 0.737. The molecule has 1 aromatic carbocycles. The van der Waals surface area contributed by atoms with Crippen LogP contribution in [0.25, 0.3) is 0 Å². The number of ether oxygens (including phenoxy) is 2. The first-order chi connectivity index (χ1) is 13.4. The molecule has 1 aliphatic carbocycles. The van der Waals surface area contributed by atoms with Crippen LogP contribution in [0.5, 0.6) is 5.75 Å². The van der Waals surface area contributed by atoms with Crippen molar-refractivity contribution in [2.45, 2.75) is 46.7 Å². The Hall–Kier alpha value is -2.76. The van der Waals surface area contributed by atoms with Crippen LogP contribution in [0.15, 0.2) is 24.3 Å². The third-order valence-corrected chi connectivity index (χ3v) is 5.19. The number of carbonyl (C=O) groups is 2. The fourth-order valence-electron chi connectivity index (χ4n) is 3.38. The molecule has 1 saturated carbocycles. The van der Waals surface area contributed by atoms with Crippen LogP contribution in [-0.2, 0) is 22.6 Å². The minimum atomic E-state index is -0.357. The molecule has 2 aromatic rings. The van der Waals surface area contributed by atoms with Gasteiger partial charge in [-0.25, -0.2) is 4.79 Å². The number of H-pyrrole nitrogens is 1. The largest absolute Gasteiger partial charge is 0.497 e. The molecule has 150 valence electrons. The van der Waals surface area contributed by atoms with Gasteiger partial charge in [-0.3, -0.25) is 4.79 Å². The van der Waals surface area contributed by atoms with Gasteiger partial charge in [0.05, 0.1) is 13.7 Å². The number of hydrogen-bond donors (Lipinski definition) is 1. The highest BCUT2D eigenvalue weighted by molar-refractivity contribution is 5.90. The summed E-state index contributed by atoms with van der Waals surface area (Å²) in [5.41, 5.74) is 4.23. The predicted molar refractivity (Wildman–Crippen MR) is 106 cm³/mol. The van der Waals surface area contributed by atoms with Gasteiger partial charge in [-0.05, 0) is 62.4 Å². The minimum Gasteiger partial charge on any atom is -0.497 e. The first-order valence-electron chi connectivity index (χ1n) is 9.71. The van der Waals surface area contributed by atoms with Gasteiger partial charge in [0, 0.05) is 24.7 Å². The molecule has 0 radical (unpaired) electrons. The van der Waals surface area contributed by atoms with E-state index in [1.54, 1.807) is 14.0 Å². The molecule has 1 aromatic heterocycles. The Kier molecular flexibility index (Phi) is 6.07. The van der Waals surface area contributed by atoms with Gasteiger partial charge in [0.2, 0.25) is 5.91 Å². The van der Waals surface area contributed by atoms with Crippen molar-refractivity contribution in [3.05, 3.63) is 52.3 Å². The monoisotopic (exact) mass is 384 g/mol. The second-order valence-corrected chi connectivity index (χ2v) is 7.27. The molecule has 0 saturated heterocycles. The first-order valence-corrected chi connectivity index (χ1v) is 9.71. The quantitative estimate of drug-likeness (QED) is 0.704. The van der Waals surface area contributed by atoms with Crippen LogP contribution in [-0.4, -0.2) is 35.5 Å². The molecule has 28 heavy (non-hydrogen) atoms. The highest BCUT2D eigenvalue weighted by atomic mass is 16.5. The van der Waals surface area contributed by atoms with Gasteiger partial charge in [0.1, 0.15) is 11.4 Å². The SMILES string of the molecule is CCOC(=O)c1[nH]c(C)c(CN(Cc2ccc(OC)cc2)C(=O)C2CC2)c1C. The summed E-state index contributed by atoms with van der Waals surface area (Å²) in [6.07, 6.45) is 1.91. The number of rotatable bonds is 8. The molecule has 1 N–H and O–H groups in total. The zero-order valence-electron chi connectivity index (χ0n) is 17.0. The van der Waals surface area contributed by atoms with E-state index in [0.717, 1.165) is 41.0 Å². The molecule has 6 nitrogen and oxygen atoms in total. The zero-order chi connectivity index (χ0) is 20.3. The van der Waals surface area contributed by atoms with Gasteiger partial charge in [0.25, 0.3) is 0 Å². The Morgan fingerprint density at radius 3 is 2.39 bits per heavy atom. The average molecular weight is 384 g/mol. The maximum atomic E-state index is 12.9. The Balaban J connectivity index is 1.83. The van der Waals surface area contributed by atoms with E-state index in [2.05, 4.69) is 4.98 Å². The molecule has 6 heteroatoms. The number of hydrogen-bond acceptors (Lipinski definition) is 4. The molecule has 1 fully saturated rings. The smallest absolute Gasteiger partial charge is 0.355 e. The lowest BCUT2D eigenvalue weighted by molar-refractivity contribution is -0.133. The molecule has 3 rings (SSSR count). The molecule has 0 atom stereocenters. The van der Waals surface area contributed by atoms with Crippen molar-refractivity contribution in [3.63, 3.8) is 0 Å². The summed E-state index contributed by atoms with van der Waals surface area (Å²) < 4.78 is 10.3. The summed E-state index contributed by atoms with van der Waals surface area (Å²) in [5, 5.41) is 0. The van der Waals surface area contributed by atoms with Crippen molar-refractivity contribution < 1.29 is 19.1 Å². The highest BCUT2D eigenvalue weighted by Crippen LogP contribution is 2.33. The standard InChI is InChI=1S/C22H28N2O4/c1-5-28-22(26)20-14(2)19(15(3)23-20)13-24(21(25)17-8-9-17)12-16-6-10-18(27-4)11-7-16/h6-7,10-11,17,23H,5,8-9,12-13H2,1-4H3. The number of benzene rings is 1. The summed E-state index contributed by atoms with van der Waals surface area (Å²) in [6.45, 7) is 6.94. The normalized spacial score (nSPS) is 13.3. The fourth-order valence-corrected chi connectivity index (χ4v) is 3.38. The highest BCUT2D eigenvalue weighted by Gasteiger charge is 2.34. The van der Waals surface area contributed by atoms with E-state index >= 15 is 0 Å². The van der Waals surface area contributed by atoms with Gasteiger partial charge >= 0.3 is 5.97 Å². The number of carbonyl (C=O) groups excluding carboxylic acids is 2. The van der Waals surface area contributed by atoms with Crippen molar-refractivity contribution in [2.24, 2.45) is 5.92 Å². The van der Waals surface area contributed by atoms with Crippen molar-refractivity contribution in [2.75, 3.05) is 13.7 Å². The Morgan fingerprint density at radius 2 is 1.82 bits per heavy atom. The van der Waals surface area contributed by atoms with Crippen LogP contribution in [0, 0.1) is 19.8 Å². The van der Waals surface area contributed by atoms with Gasteiger partial charge in [-0.15, -0.1) is 0 Å². The van der Waals surface area contributed by atoms with Crippen LogP contribution in [0.2, 0.25) is 0 Å². The Morgan fingerprint density at radius 1 is 1.14 bits per heavy atom. The van der Waals surface area contributed by atoms with E-state index in [1.165, 1.54) is 0 Å². The molecule has 0 unspecified atom stereocenters. The van der Waals surface area contributed by atoms with Crippen LogP contribution in [0.1, 0.15) is 52.6 Å². The van der Waals surface area contributed by atoms with Crippen molar-refractivity contribution >= 4 is 11.9 Å². The number of nitrogens with one attached hydrogen (secondary N) is 1. The lowest BCUT2D eigenvalue weighted by Crippen LogP contribution is -2.31. The number of aryl methyl sites for hydroxylation is 1. The summed E-state index contributed by atoms with van der Waals surface area (Å²) >= 11 is 0. The van der Waals surface area contributed by atoms with E-state index in [1.807, 2.05) is 43.0 Å². The van der Waals surface area contributed by atoms with Crippen LogP contribution < -0.4 is 4.74 Å². The number of esters is 1. The van der Waals surface area contributed by atoms with Crippen LogP contribution >= 0.6 is 0 Å². The lowest BCUT2D eigenvalue weighted by Gasteiger charge is -2.24. The molecule has 1 amide bonds. The number of aromatic amines is 1. The van der Waals surface area contributed by atoms with E-state index in [4.69, 9.17) is 9.47 Å². The second-order valence-electron chi connectivity index (χ2n) is 7.27. The maximum absolute atomic E-state index is 12.9. The average Bonchev–Trinajstić information content (AvgIpc) is 3.50. The Bertz CT molecular complexity index is 850. The summed E-state index contributed by atoms with van der Waals surface area (Å²) in [7, 11) is 1.64. The lowest BCUT2D eigenvalue weighted by atomic mass is 10.1. The molecule has 0 bridgehead atoms. The minimum absolute atomic E-state index is 0.127. The third kappa shape index (κ3) is 4.38. The maximum Gasteiger partial charge on any atom is 0.355 e. The van der Waals surface area contributed by atoms with E-state index in [-0.39, 0.29) is 17.8 Å². The second kappa shape index (κ2) is 8.50. The number of aromatic nitrogens is 1. The molecule has 0 spiro atoms. The Labute approximate surface area is 165 Å². The van der Waals surface area contributed by atoms with Crippen LogP contribution in [0.3, 0.4) is 0 Å². The number of nitrogens with zero attached hydrogens (tertiary/aromatic N) is 1. The van der Waals surface area contributed by atoms with Crippen molar-refractivity contribution in [3.8, 4) is 5.75 Å². The number of methoxy groups -OCH3 is 1.